The zero-order valence-corrected chi connectivity index (χ0v) is 29.6. The van der Waals surface area contributed by atoms with E-state index in [1.807, 2.05) is 18.2 Å². The number of phenolic OH excluding ortho intramolecular Hbond substituents is 1. The molecule has 3 aromatic heterocycles. The van der Waals surface area contributed by atoms with Gasteiger partial charge in [0.05, 0.1) is 41.9 Å². The zero-order chi connectivity index (χ0) is 36.9. The molecule has 54 heavy (non-hydrogen) atoms. The molecule has 3 fully saturated rings. The number of nitrogens with one attached hydrogen (secondary N) is 1. The van der Waals surface area contributed by atoms with E-state index in [2.05, 4.69) is 36.4 Å². The summed E-state index contributed by atoms with van der Waals surface area (Å²) in [5.74, 6) is 0.966. The summed E-state index contributed by atoms with van der Waals surface area (Å²) in [6.07, 6.45) is 8.04. The molecule has 6 heterocycles. The molecule has 14 nitrogen and oxygen atoms in total. The number of hydrogen-bond acceptors (Lipinski definition) is 11. The average Bonchev–Trinajstić information content (AvgIpc) is 3.61. The van der Waals surface area contributed by atoms with E-state index in [0.29, 0.717) is 85.3 Å². The second kappa shape index (κ2) is 13.8. The Balaban J connectivity index is 0.850. The van der Waals surface area contributed by atoms with Crippen LogP contribution in [-0.2, 0) is 14.4 Å². The van der Waals surface area contributed by atoms with E-state index in [0.717, 1.165) is 42.7 Å². The van der Waals surface area contributed by atoms with Crippen LogP contribution in [0.15, 0.2) is 73.1 Å². The molecule has 14 heteroatoms. The summed E-state index contributed by atoms with van der Waals surface area (Å²) >= 11 is 0. The summed E-state index contributed by atoms with van der Waals surface area (Å²) < 4.78 is 7.96. The van der Waals surface area contributed by atoms with Crippen LogP contribution in [0.3, 0.4) is 0 Å². The molecule has 1 saturated carbocycles. The third-order valence-electron chi connectivity index (χ3n) is 11.4. The van der Waals surface area contributed by atoms with E-state index in [9.17, 15) is 24.6 Å². The minimum Gasteiger partial charge on any atom is -0.507 e. The van der Waals surface area contributed by atoms with Crippen LogP contribution in [0, 0.1) is 0 Å². The number of amides is 3. The van der Waals surface area contributed by atoms with Crippen molar-refractivity contribution >= 4 is 40.1 Å². The van der Waals surface area contributed by atoms with Gasteiger partial charge in [-0.2, -0.15) is 0 Å². The van der Waals surface area contributed by atoms with Gasteiger partial charge < -0.3 is 24.7 Å². The Hall–Kier alpha value is -6.02. The number of piperidine rings is 1. The number of anilines is 2. The quantitative estimate of drug-likeness (QED) is 0.214. The number of imide groups is 1. The molecule has 2 saturated heterocycles. The van der Waals surface area contributed by atoms with Crippen LogP contribution in [0.5, 0.6) is 17.2 Å². The Morgan fingerprint density at radius 1 is 0.852 bits per heavy atom. The molecule has 3 amide bonds. The van der Waals surface area contributed by atoms with E-state index in [4.69, 9.17) is 4.74 Å². The van der Waals surface area contributed by atoms with Crippen molar-refractivity contribution in [3.8, 4) is 34.3 Å². The number of carbonyl (C=O) groups excluding carboxylic acids is 3. The molecule has 1 unspecified atom stereocenters. The number of benzene rings is 2. The number of ether oxygens (including phenoxy) is 1. The molecule has 1 aliphatic carbocycles. The minimum atomic E-state index is -0.383. The van der Waals surface area contributed by atoms with Crippen LogP contribution in [0.25, 0.3) is 28.1 Å². The fraction of sp³-hybridized carbons (Fsp3) is 0.350. The molecule has 276 valence electrons. The smallest absolute Gasteiger partial charge is 0.249 e. The fourth-order valence-electron chi connectivity index (χ4n) is 8.65. The lowest BCUT2D eigenvalue weighted by atomic mass is 9.80. The van der Waals surface area contributed by atoms with Crippen molar-refractivity contribution in [2.24, 2.45) is 0 Å². The average molecular weight is 729 g/mol. The SMILES string of the molecule is O=C1CCC(N2CCOc3c(C4CCC(N5CCN(c6cnc(-n7ccc8nnc(-c9ccccc9O)cc87)c(O)c6)C(=O)C5)CC4)cccc32)C(=O)N1. The number of phenols is 1. The number of para-hydroxylation sites is 2. The summed E-state index contributed by atoms with van der Waals surface area (Å²) in [5.41, 5.74) is 4.91. The number of carbonyl (C=O) groups is 3. The van der Waals surface area contributed by atoms with Gasteiger partial charge in [0, 0.05) is 43.4 Å². The zero-order valence-electron chi connectivity index (χ0n) is 29.6. The molecular formula is C40H40N8O6. The van der Waals surface area contributed by atoms with Crippen LogP contribution in [-0.4, -0.2) is 97.5 Å². The lowest BCUT2D eigenvalue weighted by molar-refractivity contribution is -0.134. The van der Waals surface area contributed by atoms with Gasteiger partial charge in [-0.05, 0) is 73.9 Å². The molecule has 2 aromatic carbocycles. The number of hydrogen-bond donors (Lipinski definition) is 3. The molecule has 0 bridgehead atoms. The van der Waals surface area contributed by atoms with E-state index < -0.39 is 0 Å². The van der Waals surface area contributed by atoms with Gasteiger partial charge in [0.15, 0.2) is 11.6 Å². The number of piperazine rings is 1. The summed E-state index contributed by atoms with van der Waals surface area (Å²) in [6, 6.07) is 18.1. The largest absolute Gasteiger partial charge is 0.507 e. The third-order valence-corrected chi connectivity index (χ3v) is 11.4. The third kappa shape index (κ3) is 6.05. The second-order valence-electron chi connectivity index (χ2n) is 14.5. The van der Waals surface area contributed by atoms with E-state index in [1.165, 1.54) is 0 Å². The first-order chi connectivity index (χ1) is 26.3. The summed E-state index contributed by atoms with van der Waals surface area (Å²) in [6.45, 7) is 2.57. The van der Waals surface area contributed by atoms with Crippen LogP contribution in [0.2, 0.25) is 0 Å². The van der Waals surface area contributed by atoms with Crippen molar-refractivity contribution in [2.45, 2.75) is 56.5 Å². The lowest BCUT2D eigenvalue weighted by Crippen LogP contribution is -2.54. The Labute approximate surface area is 311 Å². The summed E-state index contributed by atoms with van der Waals surface area (Å²) in [5, 5.41) is 32.6. The maximum absolute atomic E-state index is 13.6. The predicted octanol–water partition coefficient (Wildman–Crippen LogP) is 4.27. The van der Waals surface area contributed by atoms with Gasteiger partial charge in [-0.25, -0.2) is 4.98 Å². The Kier molecular flexibility index (Phi) is 8.61. The Bertz CT molecular complexity index is 2280. The number of aromatic hydroxyl groups is 2. The molecule has 0 radical (unpaired) electrons. The number of aromatic nitrogens is 4. The van der Waals surface area contributed by atoms with Gasteiger partial charge in [-0.3, -0.25) is 29.2 Å². The number of pyridine rings is 1. The fourth-order valence-corrected chi connectivity index (χ4v) is 8.65. The highest BCUT2D eigenvalue weighted by molar-refractivity contribution is 6.02. The maximum atomic E-state index is 13.6. The highest BCUT2D eigenvalue weighted by Gasteiger charge is 2.37. The number of nitrogens with zero attached hydrogens (tertiary/aromatic N) is 7. The number of fused-ring (bicyclic) bond motifs is 2. The van der Waals surface area contributed by atoms with Crippen molar-refractivity contribution in [2.75, 3.05) is 42.6 Å². The first kappa shape index (κ1) is 33.8. The van der Waals surface area contributed by atoms with Crippen molar-refractivity contribution in [3.63, 3.8) is 0 Å². The van der Waals surface area contributed by atoms with Crippen LogP contribution < -0.4 is 19.9 Å². The highest BCUT2D eigenvalue weighted by Crippen LogP contribution is 2.45. The monoisotopic (exact) mass is 728 g/mol. The molecular weight excluding hydrogens is 688 g/mol. The van der Waals surface area contributed by atoms with Gasteiger partial charge in [0.2, 0.25) is 17.7 Å². The van der Waals surface area contributed by atoms with Crippen LogP contribution in [0.4, 0.5) is 11.4 Å². The highest BCUT2D eigenvalue weighted by atomic mass is 16.5. The van der Waals surface area contributed by atoms with Gasteiger partial charge in [0.25, 0.3) is 0 Å². The lowest BCUT2D eigenvalue weighted by Gasteiger charge is -2.42. The normalized spacial score (nSPS) is 22.2. The summed E-state index contributed by atoms with van der Waals surface area (Å²) in [7, 11) is 0. The number of rotatable bonds is 6. The van der Waals surface area contributed by atoms with E-state index in [1.54, 1.807) is 58.3 Å². The second-order valence-corrected chi connectivity index (χ2v) is 14.5. The standard InChI is InChI=1S/C40H40N8O6/c49-34-7-2-1-4-28(34)30-21-33-29(43-44-30)14-15-48(33)39-35(50)20-26(22-41-39)46-17-16-45(23-37(46)52)25-10-8-24(9-11-25)27-5-3-6-31-38(27)54-19-18-47(31)32-12-13-36(51)42-40(32)53/h1-7,14-15,20-22,24-25,32,49-50H,8-13,16-19,23H2,(H,42,51,53). The topological polar surface area (TPSA) is 166 Å². The molecule has 3 aliphatic heterocycles. The summed E-state index contributed by atoms with van der Waals surface area (Å²) in [4.78, 5) is 48.7. The first-order valence-corrected chi connectivity index (χ1v) is 18.6. The molecule has 0 spiro atoms. The van der Waals surface area contributed by atoms with Crippen molar-refractivity contribution < 1.29 is 29.3 Å². The van der Waals surface area contributed by atoms with Crippen molar-refractivity contribution in [1.29, 1.82) is 0 Å². The molecule has 5 aromatic rings. The van der Waals surface area contributed by atoms with E-state index in [-0.39, 0.29) is 41.3 Å². The molecule has 9 rings (SSSR count). The van der Waals surface area contributed by atoms with Crippen LogP contribution in [0.1, 0.15) is 50.0 Å². The van der Waals surface area contributed by atoms with Crippen molar-refractivity contribution in [1.82, 2.24) is 30.0 Å². The predicted molar refractivity (Wildman–Crippen MR) is 200 cm³/mol. The van der Waals surface area contributed by atoms with E-state index >= 15 is 0 Å². The van der Waals surface area contributed by atoms with Gasteiger partial charge >= 0.3 is 0 Å². The molecule has 4 aliphatic rings. The Morgan fingerprint density at radius 2 is 1.70 bits per heavy atom. The van der Waals surface area contributed by atoms with Gasteiger partial charge in [-0.15, -0.1) is 10.2 Å². The van der Waals surface area contributed by atoms with Gasteiger partial charge in [-0.1, -0.05) is 24.3 Å². The van der Waals surface area contributed by atoms with Crippen LogP contribution >= 0.6 is 0 Å². The molecule has 3 N–H and O–H groups in total. The minimum absolute atomic E-state index is 0.0367. The first-order valence-electron chi connectivity index (χ1n) is 18.6. The molecule has 1 atom stereocenters. The van der Waals surface area contributed by atoms with Gasteiger partial charge in [0.1, 0.15) is 29.7 Å². The Morgan fingerprint density at radius 3 is 2.50 bits per heavy atom. The maximum Gasteiger partial charge on any atom is 0.249 e. The van der Waals surface area contributed by atoms with Crippen molar-refractivity contribution in [3.05, 3.63) is 78.6 Å².